The third-order valence-corrected chi connectivity index (χ3v) is 4.69. The van der Waals surface area contributed by atoms with Crippen LogP contribution in [0.2, 0.25) is 0 Å². The first-order valence-corrected chi connectivity index (χ1v) is 10.5. The molecule has 1 amide bonds. The highest BCUT2D eigenvalue weighted by atomic mass is 19.1. The van der Waals surface area contributed by atoms with Crippen molar-refractivity contribution >= 4 is 23.4 Å². The van der Waals surface area contributed by atoms with Crippen molar-refractivity contribution in [3.63, 3.8) is 0 Å². The maximum Gasteiger partial charge on any atom is 0.236 e. The molecule has 0 spiro atoms. The van der Waals surface area contributed by atoms with Crippen molar-refractivity contribution in [2.75, 3.05) is 30.8 Å². The van der Waals surface area contributed by atoms with Crippen molar-refractivity contribution in [3.05, 3.63) is 42.5 Å². The van der Waals surface area contributed by atoms with E-state index in [1.54, 1.807) is 43.2 Å². The van der Waals surface area contributed by atoms with Gasteiger partial charge in [-0.25, -0.2) is 9.37 Å². The summed E-state index contributed by atoms with van der Waals surface area (Å²) in [5.41, 5.74) is 1.86. The number of hydrogen-bond donors (Lipinski definition) is 4. The van der Waals surface area contributed by atoms with Crippen molar-refractivity contribution in [2.24, 2.45) is 0 Å². The number of carbonyl (C=O) groups excluding carboxylic acids is 1. The van der Waals surface area contributed by atoms with Crippen LogP contribution in [-0.2, 0) is 11.3 Å². The Kier molecular flexibility index (Phi) is 8.03. The van der Waals surface area contributed by atoms with Gasteiger partial charge in [-0.1, -0.05) is 18.2 Å². The maximum atomic E-state index is 13.5. The topological polar surface area (TPSA) is 122 Å². The van der Waals surface area contributed by atoms with Gasteiger partial charge in [0.1, 0.15) is 17.3 Å². The van der Waals surface area contributed by atoms with E-state index in [9.17, 15) is 9.18 Å². The number of hydrogen-bond acceptors (Lipinski definition) is 8. The van der Waals surface area contributed by atoms with E-state index in [1.807, 2.05) is 0 Å². The first-order valence-electron chi connectivity index (χ1n) is 10.5. The van der Waals surface area contributed by atoms with E-state index in [0.717, 1.165) is 6.42 Å². The highest BCUT2D eigenvalue weighted by Crippen LogP contribution is 2.26. The molecule has 0 aliphatic rings. The molecule has 0 saturated carbocycles. The molecule has 170 valence electrons. The normalized spacial score (nSPS) is 11.8. The number of likely N-dealkylation sites (N-methyl/N-ethyl adjacent to an activating group) is 1. The number of halogens is 1. The summed E-state index contributed by atoms with van der Waals surface area (Å²) in [5, 5.41) is 20.4. The third kappa shape index (κ3) is 6.20. The van der Waals surface area contributed by atoms with Gasteiger partial charge in [-0.2, -0.15) is 4.98 Å². The molecule has 0 aliphatic heterocycles. The van der Waals surface area contributed by atoms with Crippen LogP contribution in [0.5, 0.6) is 0 Å². The lowest BCUT2D eigenvalue weighted by Gasteiger charge is -2.11. The summed E-state index contributed by atoms with van der Waals surface area (Å²) < 4.78 is 15.1. The van der Waals surface area contributed by atoms with Gasteiger partial charge in [0.05, 0.1) is 24.3 Å². The van der Waals surface area contributed by atoms with Crippen LogP contribution in [0.3, 0.4) is 0 Å². The van der Waals surface area contributed by atoms with E-state index >= 15 is 0 Å². The molecule has 3 rings (SSSR count). The molecule has 1 atom stereocenters. The quantitative estimate of drug-likeness (QED) is 0.357. The van der Waals surface area contributed by atoms with Crippen molar-refractivity contribution < 1.29 is 9.18 Å². The second kappa shape index (κ2) is 11.1. The van der Waals surface area contributed by atoms with Crippen molar-refractivity contribution in [2.45, 2.75) is 32.9 Å². The van der Waals surface area contributed by atoms with Crippen molar-refractivity contribution in [3.8, 4) is 11.3 Å². The Balaban J connectivity index is 1.72. The van der Waals surface area contributed by atoms with Gasteiger partial charge in [0, 0.05) is 25.0 Å². The summed E-state index contributed by atoms with van der Waals surface area (Å²) in [5.74, 6) is 0.522. The minimum Gasteiger partial charge on any atom is -0.369 e. The van der Waals surface area contributed by atoms with Crippen LogP contribution in [0, 0.1) is 5.82 Å². The highest BCUT2D eigenvalue weighted by molar-refractivity contribution is 5.81. The zero-order chi connectivity index (χ0) is 22.9. The minimum atomic E-state index is -0.343. The molecule has 2 heterocycles. The summed E-state index contributed by atoms with van der Waals surface area (Å²) in [7, 11) is 1.74. The van der Waals surface area contributed by atoms with E-state index in [4.69, 9.17) is 0 Å². The lowest BCUT2D eigenvalue weighted by Crippen LogP contribution is -2.41. The molecule has 11 heteroatoms. The van der Waals surface area contributed by atoms with Crippen LogP contribution in [0.25, 0.3) is 11.3 Å². The van der Waals surface area contributed by atoms with Gasteiger partial charge in [0.15, 0.2) is 0 Å². The van der Waals surface area contributed by atoms with Crippen LogP contribution in [0.4, 0.5) is 21.8 Å². The summed E-state index contributed by atoms with van der Waals surface area (Å²) in [6.07, 6.45) is 4.34. The number of nitrogens with zero attached hydrogens (tertiary/aromatic N) is 5. The lowest BCUT2D eigenvalue weighted by molar-refractivity contribution is -0.122. The molecule has 0 unspecified atom stereocenters. The van der Waals surface area contributed by atoms with Crippen molar-refractivity contribution in [1.29, 1.82) is 0 Å². The van der Waals surface area contributed by atoms with E-state index in [-0.39, 0.29) is 17.8 Å². The average molecular weight is 442 g/mol. The average Bonchev–Trinajstić information content (AvgIpc) is 3.25. The Labute approximate surface area is 186 Å². The number of rotatable bonds is 11. The molecular formula is C21H28FN9O. The van der Waals surface area contributed by atoms with Crippen LogP contribution in [0.15, 0.2) is 36.7 Å². The molecular weight excluding hydrogens is 413 g/mol. The molecule has 3 aromatic rings. The molecule has 0 saturated heterocycles. The molecule has 0 aliphatic carbocycles. The van der Waals surface area contributed by atoms with Crippen LogP contribution < -0.4 is 21.3 Å². The standard InChI is InChI=1S/C21H28FN9O/c1-4-8-24-19-17(12-26-21(28-19)27-16-7-5-6-15(22)11-16)18-13-31(30-29-18)10-9-25-20(32)14(2)23-3/h5-7,11-14,23H,4,8-10H2,1-3H3,(H,25,32)(H2,24,26,27,28)/t14-/m0/s1. The smallest absolute Gasteiger partial charge is 0.236 e. The van der Waals surface area contributed by atoms with Gasteiger partial charge in [0.2, 0.25) is 11.9 Å². The van der Waals surface area contributed by atoms with Crippen LogP contribution >= 0.6 is 0 Å². The zero-order valence-electron chi connectivity index (χ0n) is 18.4. The van der Waals surface area contributed by atoms with E-state index in [0.29, 0.717) is 48.3 Å². The number of carbonyl (C=O) groups is 1. The molecule has 0 bridgehead atoms. The highest BCUT2D eigenvalue weighted by Gasteiger charge is 2.14. The predicted octanol–water partition coefficient (Wildman–Crippen LogP) is 2.16. The van der Waals surface area contributed by atoms with E-state index < -0.39 is 0 Å². The minimum absolute atomic E-state index is 0.0753. The number of aromatic nitrogens is 5. The van der Waals surface area contributed by atoms with E-state index in [2.05, 4.69) is 48.5 Å². The Morgan fingerprint density at radius 1 is 1.28 bits per heavy atom. The fourth-order valence-electron chi connectivity index (χ4n) is 2.81. The third-order valence-electron chi connectivity index (χ3n) is 4.69. The fraction of sp³-hybridized carbons (Fsp3) is 0.381. The van der Waals surface area contributed by atoms with E-state index in [1.165, 1.54) is 12.1 Å². The molecule has 10 nitrogen and oxygen atoms in total. The monoisotopic (exact) mass is 441 g/mol. The number of anilines is 3. The van der Waals surface area contributed by atoms with Gasteiger partial charge < -0.3 is 21.3 Å². The lowest BCUT2D eigenvalue weighted by atomic mass is 10.2. The molecule has 4 N–H and O–H groups in total. The second-order valence-electron chi connectivity index (χ2n) is 7.19. The summed E-state index contributed by atoms with van der Waals surface area (Å²) in [4.78, 5) is 20.7. The van der Waals surface area contributed by atoms with Gasteiger partial charge in [-0.15, -0.1) is 5.10 Å². The first-order chi connectivity index (χ1) is 15.5. The van der Waals surface area contributed by atoms with Gasteiger partial charge in [-0.05, 0) is 38.6 Å². The molecule has 0 fully saturated rings. The SMILES string of the molecule is CCCNc1nc(Nc2cccc(F)c2)ncc1-c1cn(CCNC(=O)[C@H](C)NC)nn1. The number of nitrogens with one attached hydrogen (secondary N) is 4. The molecule has 1 aromatic carbocycles. The summed E-state index contributed by atoms with van der Waals surface area (Å²) >= 11 is 0. The fourth-order valence-corrected chi connectivity index (χ4v) is 2.81. The van der Waals surface area contributed by atoms with Crippen LogP contribution in [-0.4, -0.2) is 57.0 Å². The summed E-state index contributed by atoms with van der Waals surface area (Å²) in [6, 6.07) is 5.84. The Morgan fingerprint density at radius 3 is 2.88 bits per heavy atom. The molecule has 32 heavy (non-hydrogen) atoms. The predicted molar refractivity (Wildman–Crippen MR) is 121 cm³/mol. The first kappa shape index (κ1) is 23.1. The Hall–Kier alpha value is -3.60. The Bertz CT molecular complexity index is 1040. The summed E-state index contributed by atoms with van der Waals surface area (Å²) in [6.45, 7) is 5.47. The van der Waals surface area contributed by atoms with Crippen molar-refractivity contribution in [1.82, 2.24) is 35.6 Å². The molecule has 2 aromatic heterocycles. The van der Waals surface area contributed by atoms with Gasteiger partial charge in [0.25, 0.3) is 0 Å². The number of benzene rings is 1. The maximum absolute atomic E-state index is 13.5. The zero-order valence-corrected chi connectivity index (χ0v) is 18.4. The molecule has 0 radical (unpaired) electrons. The van der Waals surface area contributed by atoms with Gasteiger partial charge in [-0.3, -0.25) is 9.48 Å². The van der Waals surface area contributed by atoms with Gasteiger partial charge >= 0.3 is 0 Å². The second-order valence-corrected chi connectivity index (χ2v) is 7.19. The van der Waals surface area contributed by atoms with Crippen LogP contribution in [0.1, 0.15) is 20.3 Å². The Morgan fingerprint density at radius 2 is 2.12 bits per heavy atom. The number of amides is 1. The largest absolute Gasteiger partial charge is 0.369 e.